The summed E-state index contributed by atoms with van der Waals surface area (Å²) in [6.45, 7) is 8.45. The highest BCUT2D eigenvalue weighted by Gasteiger charge is 2.32. The lowest BCUT2D eigenvalue weighted by Crippen LogP contribution is -2.46. The van der Waals surface area contributed by atoms with Crippen LogP contribution in [-0.2, 0) is 4.79 Å². The molecule has 0 aromatic rings. The van der Waals surface area contributed by atoms with Crippen LogP contribution in [0.15, 0.2) is 0 Å². The van der Waals surface area contributed by atoms with Gasteiger partial charge in [-0.25, -0.2) is 0 Å². The van der Waals surface area contributed by atoms with Gasteiger partial charge in [-0.15, -0.1) is 0 Å². The van der Waals surface area contributed by atoms with E-state index in [1.165, 1.54) is 32.4 Å². The minimum Gasteiger partial charge on any atom is -0.340 e. The number of hydrogen-bond acceptors (Lipinski definition) is 3. The summed E-state index contributed by atoms with van der Waals surface area (Å²) in [5, 5.41) is 0. The number of likely N-dealkylation sites (tertiary alicyclic amines) is 2. The normalized spacial score (nSPS) is 26.9. The molecule has 110 valence electrons. The van der Waals surface area contributed by atoms with E-state index < -0.39 is 0 Å². The third kappa shape index (κ3) is 3.93. The zero-order valence-electron chi connectivity index (χ0n) is 12.5. The molecule has 0 saturated carbocycles. The molecule has 2 rings (SSSR count). The van der Waals surface area contributed by atoms with Gasteiger partial charge in [0.15, 0.2) is 0 Å². The minimum absolute atomic E-state index is 0.160. The molecule has 0 aromatic heterocycles. The van der Waals surface area contributed by atoms with Crippen LogP contribution in [0.25, 0.3) is 0 Å². The second-order valence-corrected chi connectivity index (χ2v) is 6.56. The molecule has 1 amide bonds. The second kappa shape index (κ2) is 6.71. The summed E-state index contributed by atoms with van der Waals surface area (Å²) >= 11 is 0. The van der Waals surface area contributed by atoms with Crippen molar-refractivity contribution in [3.05, 3.63) is 0 Å². The van der Waals surface area contributed by atoms with Crippen LogP contribution < -0.4 is 5.73 Å². The van der Waals surface area contributed by atoms with Gasteiger partial charge in [0.25, 0.3) is 0 Å². The predicted octanol–water partition coefficient (Wildman–Crippen LogP) is 1.45. The molecule has 2 heterocycles. The van der Waals surface area contributed by atoms with Crippen molar-refractivity contribution in [3.63, 3.8) is 0 Å². The van der Waals surface area contributed by atoms with E-state index in [0.717, 1.165) is 25.9 Å². The van der Waals surface area contributed by atoms with Gasteiger partial charge in [0, 0.05) is 19.1 Å². The predicted molar refractivity (Wildman–Crippen MR) is 77.8 cm³/mol. The Morgan fingerprint density at radius 3 is 2.53 bits per heavy atom. The SMILES string of the molecule is CC(C)C[C@@H](N)C(=O)N1CCC(N2CCCCC2)C1. The number of nitrogens with two attached hydrogens (primary N) is 1. The van der Waals surface area contributed by atoms with Gasteiger partial charge < -0.3 is 10.6 Å². The fourth-order valence-electron chi connectivity index (χ4n) is 3.37. The van der Waals surface area contributed by atoms with Crippen molar-refractivity contribution in [2.75, 3.05) is 26.2 Å². The van der Waals surface area contributed by atoms with E-state index in [0.29, 0.717) is 12.0 Å². The van der Waals surface area contributed by atoms with Gasteiger partial charge in [-0.05, 0) is 44.7 Å². The van der Waals surface area contributed by atoms with Gasteiger partial charge in [0.2, 0.25) is 5.91 Å². The molecule has 0 bridgehead atoms. The van der Waals surface area contributed by atoms with Gasteiger partial charge in [-0.1, -0.05) is 20.3 Å². The van der Waals surface area contributed by atoms with Crippen molar-refractivity contribution < 1.29 is 4.79 Å². The van der Waals surface area contributed by atoms with E-state index in [9.17, 15) is 4.79 Å². The van der Waals surface area contributed by atoms with E-state index >= 15 is 0 Å². The molecular weight excluding hydrogens is 238 g/mol. The quantitative estimate of drug-likeness (QED) is 0.838. The monoisotopic (exact) mass is 267 g/mol. The molecule has 2 aliphatic rings. The van der Waals surface area contributed by atoms with Crippen LogP contribution in [0.5, 0.6) is 0 Å². The molecule has 0 spiro atoms. The van der Waals surface area contributed by atoms with Crippen molar-refractivity contribution in [2.24, 2.45) is 11.7 Å². The van der Waals surface area contributed by atoms with Crippen LogP contribution in [0.1, 0.15) is 46.0 Å². The van der Waals surface area contributed by atoms with Crippen molar-refractivity contribution in [1.82, 2.24) is 9.80 Å². The highest BCUT2D eigenvalue weighted by Crippen LogP contribution is 2.21. The fourth-order valence-corrected chi connectivity index (χ4v) is 3.37. The molecule has 2 N–H and O–H groups in total. The van der Waals surface area contributed by atoms with Crippen LogP contribution in [0.4, 0.5) is 0 Å². The maximum absolute atomic E-state index is 12.3. The molecule has 2 saturated heterocycles. The van der Waals surface area contributed by atoms with Gasteiger partial charge in [0.1, 0.15) is 0 Å². The van der Waals surface area contributed by atoms with Crippen molar-refractivity contribution >= 4 is 5.91 Å². The first kappa shape index (κ1) is 14.8. The first-order valence-electron chi connectivity index (χ1n) is 7.86. The average molecular weight is 267 g/mol. The average Bonchev–Trinajstić information content (AvgIpc) is 2.87. The van der Waals surface area contributed by atoms with E-state index in [-0.39, 0.29) is 11.9 Å². The van der Waals surface area contributed by atoms with Crippen LogP contribution in [-0.4, -0.2) is 54.0 Å². The maximum atomic E-state index is 12.3. The lowest BCUT2D eigenvalue weighted by molar-refractivity contribution is -0.132. The van der Waals surface area contributed by atoms with Crippen LogP contribution in [0, 0.1) is 5.92 Å². The smallest absolute Gasteiger partial charge is 0.239 e. The maximum Gasteiger partial charge on any atom is 0.239 e. The summed E-state index contributed by atoms with van der Waals surface area (Å²) in [5.74, 6) is 0.646. The lowest BCUT2D eigenvalue weighted by atomic mass is 10.0. The molecule has 0 aromatic carbocycles. The van der Waals surface area contributed by atoms with E-state index in [2.05, 4.69) is 18.7 Å². The number of hydrogen-bond donors (Lipinski definition) is 1. The summed E-state index contributed by atoms with van der Waals surface area (Å²) < 4.78 is 0. The van der Waals surface area contributed by atoms with Gasteiger partial charge >= 0.3 is 0 Å². The molecule has 0 aliphatic carbocycles. The Hall–Kier alpha value is -0.610. The molecule has 4 heteroatoms. The van der Waals surface area contributed by atoms with E-state index in [4.69, 9.17) is 5.73 Å². The number of amides is 1. The molecule has 2 fully saturated rings. The summed E-state index contributed by atoms with van der Waals surface area (Å²) in [6, 6.07) is 0.274. The molecule has 4 nitrogen and oxygen atoms in total. The van der Waals surface area contributed by atoms with Crippen molar-refractivity contribution in [3.8, 4) is 0 Å². The standard InChI is InChI=1S/C15H29N3O/c1-12(2)10-14(16)15(19)18-9-6-13(11-18)17-7-4-3-5-8-17/h12-14H,3-11,16H2,1-2H3/t13?,14-/m1/s1. The second-order valence-electron chi connectivity index (χ2n) is 6.56. The number of carbonyl (C=O) groups excluding carboxylic acids is 1. The molecule has 19 heavy (non-hydrogen) atoms. The topological polar surface area (TPSA) is 49.6 Å². The number of nitrogens with zero attached hydrogens (tertiary/aromatic N) is 2. The van der Waals surface area contributed by atoms with Crippen LogP contribution in [0.3, 0.4) is 0 Å². The van der Waals surface area contributed by atoms with Crippen LogP contribution in [0.2, 0.25) is 0 Å². The third-order valence-electron chi connectivity index (χ3n) is 4.42. The van der Waals surface area contributed by atoms with Gasteiger partial charge in [-0.3, -0.25) is 9.69 Å². The fraction of sp³-hybridized carbons (Fsp3) is 0.933. The minimum atomic E-state index is -0.305. The molecule has 2 aliphatic heterocycles. The third-order valence-corrected chi connectivity index (χ3v) is 4.42. The summed E-state index contributed by atoms with van der Waals surface area (Å²) in [7, 11) is 0. The Bertz CT molecular complexity index is 300. The van der Waals surface area contributed by atoms with E-state index in [1.807, 2.05) is 4.90 Å². The largest absolute Gasteiger partial charge is 0.340 e. The van der Waals surface area contributed by atoms with Crippen LogP contribution >= 0.6 is 0 Å². The van der Waals surface area contributed by atoms with Gasteiger partial charge in [0.05, 0.1) is 6.04 Å². The molecular formula is C15H29N3O. The number of carbonyl (C=O) groups is 1. The Kier molecular flexibility index (Phi) is 5.22. The zero-order chi connectivity index (χ0) is 13.8. The highest BCUT2D eigenvalue weighted by molar-refractivity contribution is 5.81. The highest BCUT2D eigenvalue weighted by atomic mass is 16.2. The summed E-state index contributed by atoms with van der Waals surface area (Å²) in [4.78, 5) is 16.9. The summed E-state index contributed by atoms with van der Waals surface area (Å²) in [6.07, 6.45) is 5.92. The molecule has 1 unspecified atom stereocenters. The Balaban J connectivity index is 1.81. The zero-order valence-corrected chi connectivity index (χ0v) is 12.5. The van der Waals surface area contributed by atoms with Gasteiger partial charge in [-0.2, -0.15) is 0 Å². The summed E-state index contributed by atoms with van der Waals surface area (Å²) in [5.41, 5.74) is 6.02. The number of rotatable bonds is 4. The Morgan fingerprint density at radius 1 is 1.21 bits per heavy atom. The Labute approximate surface area is 117 Å². The molecule has 0 radical (unpaired) electrons. The van der Waals surface area contributed by atoms with Crippen molar-refractivity contribution in [2.45, 2.75) is 58.0 Å². The lowest BCUT2D eigenvalue weighted by Gasteiger charge is -2.32. The van der Waals surface area contributed by atoms with Crippen molar-refractivity contribution in [1.29, 1.82) is 0 Å². The first-order chi connectivity index (χ1) is 9.08. The van der Waals surface area contributed by atoms with E-state index in [1.54, 1.807) is 0 Å². The first-order valence-corrected chi connectivity index (χ1v) is 7.86. The Morgan fingerprint density at radius 2 is 1.89 bits per heavy atom. The molecule has 2 atom stereocenters. The number of piperidine rings is 1.